The van der Waals surface area contributed by atoms with Gasteiger partial charge in [0.1, 0.15) is 12.0 Å². The lowest BCUT2D eigenvalue weighted by atomic mass is 9.74. The molecule has 2 saturated heterocycles. The largest absolute Gasteiger partial charge is 0.396 e. The second-order valence-electron chi connectivity index (χ2n) is 7.48. The number of carbonyl (C=O) groups excluding carboxylic acids is 1. The Bertz CT molecular complexity index is 755. The van der Waals surface area contributed by atoms with Crippen LogP contribution >= 0.6 is 0 Å². The lowest BCUT2D eigenvalue weighted by Crippen LogP contribution is -2.52. The Labute approximate surface area is 153 Å². The van der Waals surface area contributed by atoms with Crippen molar-refractivity contribution in [3.05, 3.63) is 60.2 Å². The molecule has 1 aromatic heterocycles. The monoisotopic (exact) mass is 352 g/mol. The lowest BCUT2D eigenvalue weighted by molar-refractivity contribution is 0.0114. The molecule has 2 fully saturated rings. The van der Waals surface area contributed by atoms with Gasteiger partial charge in [-0.2, -0.15) is 0 Å². The van der Waals surface area contributed by atoms with Crippen LogP contribution in [0, 0.1) is 11.3 Å². The maximum absolute atomic E-state index is 12.8. The van der Waals surface area contributed by atoms with E-state index in [9.17, 15) is 9.90 Å². The molecular formula is C20H24N4O2. The second-order valence-corrected chi connectivity index (χ2v) is 7.48. The molecule has 0 aliphatic carbocycles. The summed E-state index contributed by atoms with van der Waals surface area (Å²) >= 11 is 0. The number of hydrogen-bond acceptors (Lipinski definition) is 5. The summed E-state index contributed by atoms with van der Waals surface area (Å²) in [5.41, 5.74) is 1.47. The molecule has 136 valence electrons. The van der Waals surface area contributed by atoms with Gasteiger partial charge in [-0.3, -0.25) is 9.69 Å². The fourth-order valence-electron chi connectivity index (χ4n) is 4.44. The Hall–Kier alpha value is -2.31. The highest BCUT2D eigenvalue weighted by atomic mass is 16.3. The Morgan fingerprint density at radius 3 is 2.81 bits per heavy atom. The van der Waals surface area contributed by atoms with Gasteiger partial charge in [-0.1, -0.05) is 30.3 Å². The van der Waals surface area contributed by atoms with Gasteiger partial charge in [0.25, 0.3) is 5.91 Å². The molecule has 2 aromatic rings. The highest BCUT2D eigenvalue weighted by Crippen LogP contribution is 2.42. The molecular weight excluding hydrogens is 328 g/mol. The highest BCUT2D eigenvalue weighted by Gasteiger charge is 2.50. The molecule has 0 bridgehead atoms. The van der Waals surface area contributed by atoms with Crippen molar-refractivity contribution in [3.8, 4) is 0 Å². The van der Waals surface area contributed by atoms with E-state index in [1.54, 1.807) is 12.3 Å². The normalized spacial score (nSPS) is 25.9. The third-order valence-electron chi connectivity index (χ3n) is 5.79. The Morgan fingerprint density at radius 2 is 2.08 bits per heavy atom. The van der Waals surface area contributed by atoms with Gasteiger partial charge in [-0.15, -0.1) is 0 Å². The van der Waals surface area contributed by atoms with Crippen LogP contribution in [0.3, 0.4) is 0 Å². The van der Waals surface area contributed by atoms with E-state index in [-0.39, 0.29) is 17.9 Å². The van der Waals surface area contributed by atoms with Gasteiger partial charge in [0.2, 0.25) is 0 Å². The van der Waals surface area contributed by atoms with Gasteiger partial charge >= 0.3 is 0 Å². The van der Waals surface area contributed by atoms with Crippen molar-refractivity contribution in [2.45, 2.75) is 13.0 Å². The van der Waals surface area contributed by atoms with Crippen LogP contribution in [0.5, 0.6) is 0 Å². The van der Waals surface area contributed by atoms with Gasteiger partial charge in [0.05, 0.1) is 6.61 Å². The summed E-state index contributed by atoms with van der Waals surface area (Å²) in [7, 11) is 0. The quantitative estimate of drug-likeness (QED) is 0.902. The molecule has 2 atom stereocenters. The molecule has 1 N–H and O–H groups in total. The van der Waals surface area contributed by atoms with Gasteiger partial charge in [0, 0.05) is 44.3 Å². The van der Waals surface area contributed by atoms with E-state index in [2.05, 4.69) is 39.1 Å². The Balaban J connectivity index is 1.48. The zero-order chi connectivity index (χ0) is 18.0. The smallest absolute Gasteiger partial charge is 0.272 e. The summed E-state index contributed by atoms with van der Waals surface area (Å²) in [6.07, 6.45) is 3.91. The number of piperidine rings is 1. The molecule has 0 saturated carbocycles. The summed E-state index contributed by atoms with van der Waals surface area (Å²) in [6, 6.07) is 12.1. The maximum Gasteiger partial charge on any atom is 0.272 e. The van der Waals surface area contributed by atoms with Gasteiger partial charge in [-0.05, 0) is 24.0 Å². The molecule has 1 amide bonds. The zero-order valence-corrected chi connectivity index (χ0v) is 14.8. The first-order valence-electron chi connectivity index (χ1n) is 9.13. The van der Waals surface area contributed by atoms with Crippen LogP contribution in [0.15, 0.2) is 48.9 Å². The number of carbonyl (C=O) groups is 1. The molecule has 0 unspecified atom stereocenters. The van der Waals surface area contributed by atoms with Crippen molar-refractivity contribution in [1.82, 2.24) is 19.8 Å². The standard InChI is InChI=1S/C20H24N4O2/c25-14-20-12-23(10-16-4-2-1-3-5-16)11-17(20)7-9-24(13-20)19(26)18-6-8-21-15-22-18/h1-6,8,15,17,25H,7,9-14H2/t17-,20-/m0/s1. The number of amides is 1. The van der Waals surface area contributed by atoms with Gasteiger partial charge < -0.3 is 10.0 Å². The summed E-state index contributed by atoms with van der Waals surface area (Å²) in [6.45, 7) is 4.09. The second kappa shape index (κ2) is 7.13. The highest BCUT2D eigenvalue weighted by molar-refractivity contribution is 5.92. The van der Waals surface area contributed by atoms with Crippen molar-refractivity contribution in [2.24, 2.45) is 11.3 Å². The van der Waals surface area contributed by atoms with E-state index in [1.165, 1.54) is 11.9 Å². The molecule has 3 heterocycles. The fourth-order valence-corrected chi connectivity index (χ4v) is 4.44. The van der Waals surface area contributed by atoms with Crippen LogP contribution in [-0.2, 0) is 6.54 Å². The number of rotatable bonds is 4. The average Bonchev–Trinajstić information content (AvgIpc) is 3.06. The number of likely N-dealkylation sites (tertiary alicyclic amines) is 2. The summed E-state index contributed by atoms with van der Waals surface area (Å²) in [5, 5.41) is 10.2. The van der Waals surface area contributed by atoms with Crippen molar-refractivity contribution in [2.75, 3.05) is 32.8 Å². The minimum atomic E-state index is -0.240. The van der Waals surface area contributed by atoms with Crippen LogP contribution in [0.4, 0.5) is 0 Å². The Morgan fingerprint density at radius 1 is 1.23 bits per heavy atom. The number of aromatic nitrogens is 2. The molecule has 0 radical (unpaired) electrons. The SMILES string of the molecule is O=C(c1ccncn1)N1CC[C@H]2CN(Cc3ccccc3)C[C@@]2(CO)C1. The predicted octanol–water partition coefficient (Wildman–Crippen LogP) is 1.43. The van der Waals surface area contributed by atoms with E-state index < -0.39 is 0 Å². The molecule has 1 aromatic carbocycles. The first-order valence-corrected chi connectivity index (χ1v) is 9.13. The summed E-state index contributed by atoms with van der Waals surface area (Å²) in [5.74, 6) is 0.353. The molecule has 4 rings (SSSR count). The number of nitrogens with zero attached hydrogens (tertiary/aromatic N) is 4. The number of benzene rings is 1. The molecule has 2 aliphatic rings. The Kier molecular flexibility index (Phi) is 4.70. The molecule has 6 nitrogen and oxygen atoms in total. The van der Waals surface area contributed by atoms with Crippen molar-refractivity contribution in [3.63, 3.8) is 0 Å². The molecule has 2 aliphatic heterocycles. The first-order chi connectivity index (χ1) is 12.7. The predicted molar refractivity (Wildman–Crippen MR) is 97.3 cm³/mol. The van der Waals surface area contributed by atoms with Crippen LogP contribution in [0.1, 0.15) is 22.5 Å². The van der Waals surface area contributed by atoms with E-state index in [4.69, 9.17) is 0 Å². The lowest BCUT2D eigenvalue weighted by Gasteiger charge is -2.43. The average molecular weight is 352 g/mol. The summed E-state index contributed by atoms with van der Waals surface area (Å²) < 4.78 is 0. The number of fused-ring (bicyclic) bond motifs is 1. The fraction of sp³-hybridized carbons (Fsp3) is 0.450. The number of aliphatic hydroxyl groups is 1. The van der Waals surface area contributed by atoms with Crippen LogP contribution in [0.2, 0.25) is 0 Å². The molecule has 0 spiro atoms. The van der Waals surface area contributed by atoms with Crippen LogP contribution < -0.4 is 0 Å². The van der Waals surface area contributed by atoms with E-state index in [1.807, 2.05) is 11.0 Å². The van der Waals surface area contributed by atoms with Gasteiger partial charge in [-0.25, -0.2) is 9.97 Å². The van der Waals surface area contributed by atoms with Crippen molar-refractivity contribution in [1.29, 1.82) is 0 Å². The third-order valence-corrected chi connectivity index (χ3v) is 5.79. The van der Waals surface area contributed by atoms with Gasteiger partial charge in [0.15, 0.2) is 0 Å². The van der Waals surface area contributed by atoms with Crippen LogP contribution in [-0.4, -0.2) is 63.6 Å². The number of aliphatic hydroxyl groups excluding tert-OH is 1. The van der Waals surface area contributed by atoms with Crippen molar-refractivity contribution < 1.29 is 9.90 Å². The van der Waals surface area contributed by atoms with E-state index in [0.717, 1.165) is 26.1 Å². The van der Waals surface area contributed by atoms with E-state index >= 15 is 0 Å². The third kappa shape index (κ3) is 3.22. The minimum absolute atomic E-state index is 0.0693. The van der Waals surface area contributed by atoms with E-state index in [0.29, 0.717) is 24.7 Å². The minimum Gasteiger partial charge on any atom is -0.396 e. The zero-order valence-electron chi connectivity index (χ0n) is 14.8. The summed E-state index contributed by atoms with van der Waals surface area (Å²) in [4.78, 5) is 25.0. The number of hydrogen-bond donors (Lipinski definition) is 1. The topological polar surface area (TPSA) is 69.6 Å². The molecule has 6 heteroatoms. The van der Waals surface area contributed by atoms with Crippen LogP contribution in [0.25, 0.3) is 0 Å². The maximum atomic E-state index is 12.8. The first kappa shape index (κ1) is 17.1. The molecule has 26 heavy (non-hydrogen) atoms. The van der Waals surface area contributed by atoms with Crippen molar-refractivity contribution >= 4 is 5.91 Å².